The van der Waals surface area contributed by atoms with E-state index in [0.29, 0.717) is 24.3 Å². The van der Waals surface area contributed by atoms with Gasteiger partial charge in [0, 0.05) is 17.7 Å². The number of rotatable bonds is 8. The van der Waals surface area contributed by atoms with Crippen molar-refractivity contribution in [3.05, 3.63) is 111 Å². The van der Waals surface area contributed by atoms with Gasteiger partial charge >= 0.3 is 0 Å². The molecule has 2 atom stereocenters. The molecule has 40 heavy (non-hydrogen) atoms. The number of non-ortho nitro benzene ring substituents is 1. The second-order valence-electron chi connectivity index (χ2n) is 9.29. The molecule has 1 aliphatic heterocycles. The highest BCUT2D eigenvalue weighted by molar-refractivity contribution is 6.34. The number of amides is 3. The topological polar surface area (TPSA) is 127 Å². The molecule has 0 N–H and O–H groups in total. The molecule has 0 bridgehead atoms. The normalized spacial score (nSPS) is 17.9. The Kier molecular flexibility index (Phi) is 7.43. The smallest absolute Gasteiger partial charge is 0.274 e. The Labute approximate surface area is 233 Å². The number of nitro benzene ring substituents is 1. The maximum atomic E-state index is 13.6. The van der Waals surface area contributed by atoms with Crippen LogP contribution in [0.25, 0.3) is 0 Å². The van der Waals surface area contributed by atoms with Crippen molar-refractivity contribution in [2.45, 2.75) is 12.8 Å². The van der Waals surface area contributed by atoms with Gasteiger partial charge in [-0.2, -0.15) is 5.01 Å². The van der Waals surface area contributed by atoms with E-state index in [4.69, 9.17) is 16.3 Å². The number of imide groups is 1. The van der Waals surface area contributed by atoms with Crippen LogP contribution in [0.15, 0.2) is 84.9 Å². The summed E-state index contributed by atoms with van der Waals surface area (Å²) >= 11 is 6.25. The van der Waals surface area contributed by atoms with Crippen LogP contribution in [0.4, 0.5) is 5.69 Å². The Bertz CT molecular complexity index is 1510. The zero-order valence-electron chi connectivity index (χ0n) is 20.9. The Hall–Kier alpha value is -4.83. The Morgan fingerprint density at radius 3 is 2.00 bits per heavy atom. The number of allylic oxidation sites excluding steroid dienone is 2. The van der Waals surface area contributed by atoms with Gasteiger partial charge in [0.25, 0.3) is 23.4 Å². The Morgan fingerprint density at radius 2 is 1.45 bits per heavy atom. The van der Waals surface area contributed by atoms with Crippen LogP contribution in [-0.4, -0.2) is 45.0 Å². The molecule has 0 radical (unpaired) electrons. The molecule has 202 valence electrons. The summed E-state index contributed by atoms with van der Waals surface area (Å²) in [6, 6.07) is 17.8. The van der Waals surface area contributed by atoms with Gasteiger partial charge in [-0.15, -0.1) is 0 Å². The third-order valence-electron chi connectivity index (χ3n) is 6.82. The van der Waals surface area contributed by atoms with E-state index in [0.717, 1.165) is 10.0 Å². The Morgan fingerprint density at radius 1 is 0.900 bits per heavy atom. The third-order valence-corrected chi connectivity index (χ3v) is 7.15. The number of benzene rings is 3. The summed E-state index contributed by atoms with van der Waals surface area (Å²) in [5.74, 6) is -2.77. The van der Waals surface area contributed by atoms with Gasteiger partial charge in [0.2, 0.25) is 0 Å². The van der Waals surface area contributed by atoms with Crippen LogP contribution in [0.5, 0.6) is 11.5 Å². The molecular weight excluding hydrogens is 538 g/mol. The number of hydrogen-bond donors (Lipinski definition) is 0. The van der Waals surface area contributed by atoms with Crippen molar-refractivity contribution in [1.82, 2.24) is 10.0 Å². The van der Waals surface area contributed by atoms with Crippen molar-refractivity contribution in [2.75, 3.05) is 6.54 Å². The molecule has 1 fully saturated rings. The lowest BCUT2D eigenvalue weighted by atomic mass is 9.85. The fraction of sp³-hybridized carbons (Fsp3) is 0.172. The fourth-order valence-electron chi connectivity index (χ4n) is 4.74. The number of Topliss-reactive ketones (excluding diaryl/α,β-unsaturated/α-hetero) is 1. The second-order valence-corrected chi connectivity index (χ2v) is 9.69. The predicted molar refractivity (Wildman–Crippen MR) is 144 cm³/mol. The van der Waals surface area contributed by atoms with E-state index < -0.39 is 46.8 Å². The molecule has 10 nitrogen and oxygen atoms in total. The first kappa shape index (κ1) is 26.8. The predicted octanol–water partition coefficient (Wildman–Crippen LogP) is 5.23. The number of hydrogen-bond acceptors (Lipinski definition) is 7. The highest BCUT2D eigenvalue weighted by Gasteiger charge is 2.51. The van der Waals surface area contributed by atoms with Crippen molar-refractivity contribution in [3.8, 4) is 11.5 Å². The van der Waals surface area contributed by atoms with Crippen LogP contribution in [0.3, 0.4) is 0 Å². The molecule has 0 aromatic heterocycles. The van der Waals surface area contributed by atoms with Crippen LogP contribution in [0, 0.1) is 22.0 Å². The standard InChI is InChI=1S/C29H22ClN3O7/c30-25-8-4-3-7-24(25)27(35)31(32-28(36)22-5-1-2-6-23(22)29(32)37)17-26(34)18-9-13-20(14-10-18)40-21-15-11-19(12-16-21)33(38)39/h1-4,7-16,22-23H,5-6,17H2/t22-,23-/m1/s1. The maximum absolute atomic E-state index is 13.6. The van der Waals surface area contributed by atoms with Crippen LogP contribution in [0.2, 0.25) is 5.02 Å². The van der Waals surface area contributed by atoms with Crippen LogP contribution < -0.4 is 4.74 Å². The SMILES string of the molecule is O=C(CN(C(=O)c1ccccc1Cl)N1C(=O)[C@@H]2CC=CC[C@H]2C1=O)c1ccc(Oc2ccc([N+](=O)[O-])cc2)cc1. The molecule has 3 aromatic carbocycles. The van der Waals surface area contributed by atoms with E-state index in [2.05, 4.69) is 0 Å². The molecule has 11 heteroatoms. The van der Waals surface area contributed by atoms with Gasteiger partial charge in [-0.25, -0.2) is 5.01 Å². The number of ether oxygens (including phenoxy) is 1. The zero-order valence-corrected chi connectivity index (χ0v) is 21.7. The number of carbonyl (C=O) groups excluding carboxylic acids is 4. The van der Waals surface area contributed by atoms with Crippen molar-refractivity contribution < 1.29 is 28.8 Å². The van der Waals surface area contributed by atoms with Crippen LogP contribution in [0.1, 0.15) is 33.6 Å². The van der Waals surface area contributed by atoms with E-state index in [-0.39, 0.29) is 21.8 Å². The van der Waals surface area contributed by atoms with Gasteiger partial charge in [0.05, 0.1) is 27.3 Å². The van der Waals surface area contributed by atoms with E-state index in [1.165, 1.54) is 60.7 Å². The quantitative estimate of drug-likeness (QED) is 0.121. The zero-order chi connectivity index (χ0) is 28.4. The summed E-state index contributed by atoms with van der Waals surface area (Å²) in [7, 11) is 0. The number of hydrazine groups is 1. The van der Waals surface area contributed by atoms with Gasteiger partial charge in [-0.3, -0.25) is 29.3 Å². The second kappa shape index (κ2) is 11.1. The van der Waals surface area contributed by atoms with Crippen LogP contribution >= 0.6 is 11.6 Å². The van der Waals surface area contributed by atoms with Gasteiger partial charge in [-0.1, -0.05) is 35.9 Å². The molecule has 1 saturated heterocycles. The van der Waals surface area contributed by atoms with E-state index >= 15 is 0 Å². The maximum Gasteiger partial charge on any atom is 0.274 e. The summed E-state index contributed by atoms with van der Waals surface area (Å²) in [5, 5.41) is 12.6. The number of ketones is 1. The average molecular weight is 560 g/mol. The molecule has 0 spiro atoms. The van der Waals surface area contributed by atoms with Crippen LogP contribution in [-0.2, 0) is 9.59 Å². The molecule has 5 rings (SSSR count). The minimum atomic E-state index is -0.745. The average Bonchev–Trinajstić information content (AvgIpc) is 3.21. The number of carbonyl (C=O) groups is 4. The fourth-order valence-corrected chi connectivity index (χ4v) is 4.95. The van der Waals surface area contributed by atoms with Crippen molar-refractivity contribution in [1.29, 1.82) is 0 Å². The lowest BCUT2D eigenvalue weighted by molar-refractivity contribution is -0.384. The monoisotopic (exact) mass is 559 g/mol. The molecule has 3 amide bonds. The molecule has 1 aliphatic carbocycles. The summed E-state index contributed by atoms with van der Waals surface area (Å²) in [6.07, 6.45) is 4.43. The summed E-state index contributed by atoms with van der Waals surface area (Å²) < 4.78 is 5.69. The Balaban J connectivity index is 1.38. The van der Waals surface area contributed by atoms with Crippen molar-refractivity contribution in [3.63, 3.8) is 0 Å². The van der Waals surface area contributed by atoms with E-state index in [1.807, 2.05) is 12.2 Å². The largest absolute Gasteiger partial charge is 0.457 e. The first-order chi connectivity index (χ1) is 19.2. The number of nitrogens with zero attached hydrogens (tertiary/aromatic N) is 3. The molecule has 1 heterocycles. The third kappa shape index (κ3) is 5.21. The number of halogens is 1. The van der Waals surface area contributed by atoms with Crippen molar-refractivity contribution >= 4 is 40.8 Å². The number of nitro groups is 1. The van der Waals surface area contributed by atoms with E-state index in [1.54, 1.807) is 12.1 Å². The van der Waals surface area contributed by atoms with Gasteiger partial charge in [0.1, 0.15) is 18.0 Å². The number of fused-ring (bicyclic) bond motifs is 1. The van der Waals surface area contributed by atoms with E-state index in [9.17, 15) is 29.3 Å². The molecule has 0 saturated carbocycles. The molecule has 2 aliphatic rings. The first-order valence-electron chi connectivity index (χ1n) is 12.4. The molecule has 3 aromatic rings. The lowest BCUT2D eigenvalue weighted by Gasteiger charge is -2.30. The summed E-state index contributed by atoms with van der Waals surface area (Å²) in [6.45, 7) is -0.572. The molecule has 0 unspecified atom stereocenters. The highest BCUT2D eigenvalue weighted by Crippen LogP contribution is 2.36. The minimum Gasteiger partial charge on any atom is -0.457 e. The first-order valence-corrected chi connectivity index (χ1v) is 12.8. The van der Waals surface area contributed by atoms with Gasteiger partial charge < -0.3 is 4.74 Å². The van der Waals surface area contributed by atoms with Crippen molar-refractivity contribution in [2.24, 2.45) is 11.8 Å². The highest BCUT2D eigenvalue weighted by atomic mass is 35.5. The molecular formula is C29H22ClN3O7. The summed E-state index contributed by atoms with van der Waals surface area (Å²) in [5.41, 5.74) is 0.193. The van der Waals surface area contributed by atoms with Gasteiger partial charge in [0.15, 0.2) is 5.78 Å². The lowest BCUT2D eigenvalue weighted by Crippen LogP contribution is -2.52. The van der Waals surface area contributed by atoms with Gasteiger partial charge in [-0.05, 0) is 61.4 Å². The minimum absolute atomic E-state index is 0.0532. The summed E-state index contributed by atoms with van der Waals surface area (Å²) in [4.78, 5) is 63.8.